The normalized spacial score (nSPS) is 15.4. The maximum Gasteiger partial charge on any atom is 0.228 e. The van der Waals surface area contributed by atoms with Crippen molar-refractivity contribution in [1.29, 1.82) is 0 Å². The van der Waals surface area contributed by atoms with Gasteiger partial charge in [-0.05, 0) is 33.0 Å². The average molecular weight is 403 g/mol. The van der Waals surface area contributed by atoms with E-state index in [4.69, 9.17) is 4.98 Å². The molecule has 0 amide bonds. The Bertz CT molecular complexity index is 1170. The zero-order valence-electron chi connectivity index (χ0n) is 17.6. The fraction of sp³-hybridized carbons (Fsp3) is 0.364. The van der Waals surface area contributed by atoms with E-state index in [2.05, 4.69) is 63.2 Å². The third-order valence-electron chi connectivity index (χ3n) is 5.65. The summed E-state index contributed by atoms with van der Waals surface area (Å²) in [6.07, 6.45) is 5.66. The summed E-state index contributed by atoms with van der Waals surface area (Å²) in [4.78, 5) is 18.6. The van der Waals surface area contributed by atoms with Crippen molar-refractivity contribution in [1.82, 2.24) is 29.6 Å². The number of likely N-dealkylation sites (N-methyl/N-ethyl adjacent to an activating group) is 1. The Hall–Kier alpha value is -3.26. The summed E-state index contributed by atoms with van der Waals surface area (Å²) in [5.41, 5.74) is 3.08. The van der Waals surface area contributed by atoms with Crippen molar-refractivity contribution in [2.75, 3.05) is 43.4 Å². The van der Waals surface area contributed by atoms with E-state index in [9.17, 15) is 0 Å². The summed E-state index contributed by atoms with van der Waals surface area (Å²) >= 11 is 0. The molecule has 1 aliphatic rings. The molecule has 5 rings (SSSR count). The Morgan fingerprint density at radius 3 is 2.43 bits per heavy atom. The van der Waals surface area contributed by atoms with Crippen LogP contribution in [-0.2, 0) is 0 Å². The second-order valence-electron chi connectivity index (χ2n) is 8.13. The molecule has 0 saturated carbocycles. The first-order chi connectivity index (χ1) is 14.6. The Kier molecular flexibility index (Phi) is 4.71. The van der Waals surface area contributed by atoms with Crippen molar-refractivity contribution in [2.45, 2.75) is 19.9 Å². The van der Waals surface area contributed by atoms with E-state index >= 15 is 0 Å². The van der Waals surface area contributed by atoms with E-state index in [0.29, 0.717) is 5.95 Å². The number of anilines is 3. The van der Waals surface area contributed by atoms with Crippen LogP contribution in [0.15, 0.2) is 42.9 Å². The monoisotopic (exact) mass is 402 g/mol. The van der Waals surface area contributed by atoms with Gasteiger partial charge in [-0.25, -0.2) is 15.0 Å². The third-order valence-corrected chi connectivity index (χ3v) is 5.65. The van der Waals surface area contributed by atoms with Gasteiger partial charge in [0.05, 0.1) is 23.6 Å². The molecule has 1 aromatic carbocycles. The van der Waals surface area contributed by atoms with Gasteiger partial charge in [-0.2, -0.15) is 5.10 Å². The molecule has 30 heavy (non-hydrogen) atoms. The van der Waals surface area contributed by atoms with Gasteiger partial charge < -0.3 is 15.1 Å². The average Bonchev–Trinajstić information content (AvgIpc) is 3.20. The molecular weight excluding hydrogens is 376 g/mol. The van der Waals surface area contributed by atoms with Crippen LogP contribution in [0.5, 0.6) is 0 Å². The quantitative estimate of drug-likeness (QED) is 0.560. The Balaban J connectivity index is 1.42. The molecule has 0 spiro atoms. The van der Waals surface area contributed by atoms with E-state index in [1.807, 2.05) is 35.4 Å². The van der Waals surface area contributed by atoms with Crippen LogP contribution in [0, 0.1) is 0 Å². The van der Waals surface area contributed by atoms with Crippen LogP contribution in [0.3, 0.4) is 0 Å². The molecule has 0 aliphatic carbocycles. The third kappa shape index (κ3) is 3.43. The van der Waals surface area contributed by atoms with Crippen LogP contribution in [0.4, 0.5) is 17.5 Å². The van der Waals surface area contributed by atoms with E-state index in [-0.39, 0.29) is 6.04 Å². The van der Waals surface area contributed by atoms with Crippen LogP contribution < -0.4 is 10.2 Å². The number of benzene rings is 1. The lowest BCUT2D eigenvalue weighted by Crippen LogP contribution is -2.44. The van der Waals surface area contributed by atoms with E-state index in [0.717, 1.165) is 59.5 Å². The van der Waals surface area contributed by atoms with Gasteiger partial charge in [0.2, 0.25) is 5.95 Å². The lowest BCUT2D eigenvalue weighted by atomic mass is 10.2. The standard InChI is InChI=1S/C22H26N8/c1-15(2)30-21-17(13-25-30)5-4-16-12-24-22(27-20(16)21)26-19-7-6-18(14-23-19)29-10-8-28(3)9-11-29/h4-7,12-15H,8-11H2,1-3H3,(H,23,24,26,27). The fourth-order valence-electron chi connectivity index (χ4n) is 3.90. The second-order valence-corrected chi connectivity index (χ2v) is 8.13. The Morgan fingerprint density at radius 1 is 0.900 bits per heavy atom. The summed E-state index contributed by atoms with van der Waals surface area (Å²) in [5.74, 6) is 1.27. The molecule has 8 heteroatoms. The molecule has 0 unspecified atom stereocenters. The highest BCUT2D eigenvalue weighted by atomic mass is 15.3. The van der Waals surface area contributed by atoms with Crippen molar-refractivity contribution in [3.05, 3.63) is 42.9 Å². The summed E-state index contributed by atoms with van der Waals surface area (Å²) in [7, 11) is 2.16. The number of hydrogen-bond acceptors (Lipinski definition) is 7. The second kappa shape index (κ2) is 7.53. The topological polar surface area (TPSA) is 75.0 Å². The van der Waals surface area contributed by atoms with Crippen molar-refractivity contribution in [3.63, 3.8) is 0 Å². The van der Waals surface area contributed by atoms with Gasteiger partial charge in [0, 0.05) is 49.2 Å². The molecule has 8 nitrogen and oxygen atoms in total. The minimum atomic E-state index is 0.253. The summed E-state index contributed by atoms with van der Waals surface area (Å²) in [6, 6.07) is 8.45. The Morgan fingerprint density at radius 2 is 1.70 bits per heavy atom. The number of nitrogens with one attached hydrogen (secondary N) is 1. The number of fused-ring (bicyclic) bond motifs is 3. The van der Waals surface area contributed by atoms with Crippen LogP contribution in [0.1, 0.15) is 19.9 Å². The number of aromatic nitrogens is 5. The van der Waals surface area contributed by atoms with Gasteiger partial charge >= 0.3 is 0 Å². The van der Waals surface area contributed by atoms with Gasteiger partial charge in [0.1, 0.15) is 11.3 Å². The number of pyridine rings is 1. The van der Waals surface area contributed by atoms with Crippen molar-refractivity contribution in [3.8, 4) is 0 Å². The lowest BCUT2D eigenvalue weighted by Gasteiger charge is -2.33. The molecule has 0 atom stereocenters. The molecule has 0 bridgehead atoms. The van der Waals surface area contributed by atoms with Crippen LogP contribution in [-0.4, -0.2) is 62.9 Å². The molecule has 1 saturated heterocycles. The number of piperazine rings is 1. The highest BCUT2D eigenvalue weighted by Crippen LogP contribution is 2.27. The predicted molar refractivity (Wildman–Crippen MR) is 120 cm³/mol. The van der Waals surface area contributed by atoms with Crippen LogP contribution in [0.2, 0.25) is 0 Å². The van der Waals surface area contributed by atoms with Crippen LogP contribution >= 0.6 is 0 Å². The molecule has 1 N–H and O–H groups in total. The molecule has 3 aromatic heterocycles. The highest BCUT2D eigenvalue weighted by Gasteiger charge is 2.15. The minimum absolute atomic E-state index is 0.253. The number of nitrogens with zero attached hydrogens (tertiary/aromatic N) is 7. The smallest absolute Gasteiger partial charge is 0.228 e. The van der Waals surface area contributed by atoms with E-state index in [1.54, 1.807) is 0 Å². The molecule has 154 valence electrons. The first-order valence-corrected chi connectivity index (χ1v) is 10.4. The minimum Gasteiger partial charge on any atom is -0.368 e. The maximum atomic E-state index is 4.80. The predicted octanol–water partition coefficient (Wildman–Crippen LogP) is 3.45. The lowest BCUT2D eigenvalue weighted by molar-refractivity contribution is 0.313. The highest BCUT2D eigenvalue weighted by molar-refractivity contribution is 6.03. The maximum absolute atomic E-state index is 4.80. The zero-order valence-corrected chi connectivity index (χ0v) is 17.6. The first kappa shape index (κ1) is 18.7. The van der Waals surface area contributed by atoms with Crippen molar-refractivity contribution >= 4 is 39.3 Å². The summed E-state index contributed by atoms with van der Waals surface area (Å²) < 4.78 is 2.01. The molecule has 1 aliphatic heterocycles. The van der Waals surface area contributed by atoms with Gasteiger partial charge in [-0.3, -0.25) is 4.68 Å². The van der Waals surface area contributed by atoms with Gasteiger partial charge in [0.25, 0.3) is 0 Å². The van der Waals surface area contributed by atoms with E-state index in [1.165, 1.54) is 0 Å². The molecule has 4 aromatic rings. The van der Waals surface area contributed by atoms with Gasteiger partial charge in [-0.15, -0.1) is 0 Å². The zero-order chi connectivity index (χ0) is 20.7. The fourth-order valence-corrected chi connectivity index (χ4v) is 3.90. The van der Waals surface area contributed by atoms with Crippen LogP contribution in [0.25, 0.3) is 21.8 Å². The van der Waals surface area contributed by atoms with Crippen molar-refractivity contribution in [2.24, 2.45) is 0 Å². The van der Waals surface area contributed by atoms with Gasteiger partial charge in [0.15, 0.2) is 0 Å². The number of rotatable bonds is 4. The summed E-state index contributed by atoms with van der Waals surface area (Å²) in [5, 5.41) is 9.86. The molecule has 1 fully saturated rings. The Labute approximate surface area is 175 Å². The first-order valence-electron chi connectivity index (χ1n) is 10.4. The van der Waals surface area contributed by atoms with Crippen molar-refractivity contribution < 1.29 is 0 Å². The molecule has 0 radical (unpaired) electrons. The van der Waals surface area contributed by atoms with Gasteiger partial charge in [-0.1, -0.05) is 12.1 Å². The molecular formula is C22H26N8. The summed E-state index contributed by atoms with van der Waals surface area (Å²) in [6.45, 7) is 8.45. The largest absolute Gasteiger partial charge is 0.368 e. The van der Waals surface area contributed by atoms with E-state index < -0.39 is 0 Å². The SMILES string of the molecule is CC(C)n1ncc2ccc3cnc(Nc4ccc(N5CCN(C)CC5)cn4)nc3c21. The number of hydrogen-bond donors (Lipinski definition) is 1. The molecule has 4 heterocycles.